The Bertz CT molecular complexity index is 995. The van der Waals surface area contributed by atoms with E-state index in [1.807, 2.05) is 44.2 Å². The van der Waals surface area contributed by atoms with Crippen LogP contribution in [0.15, 0.2) is 30.3 Å². The van der Waals surface area contributed by atoms with Crippen molar-refractivity contribution in [2.45, 2.75) is 40.0 Å². The molecule has 2 aromatic heterocycles. The summed E-state index contributed by atoms with van der Waals surface area (Å²) in [4.78, 5) is 32.5. The first kappa shape index (κ1) is 19.5. The van der Waals surface area contributed by atoms with Crippen LogP contribution < -0.4 is 5.32 Å². The van der Waals surface area contributed by atoms with Crippen LogP contribution in [0, 0.1) is 13.8 Å². The lowest BCUT2D eigenvalue weighted by atomic mass is 10.1. The Morgan fingerprint density at radius 1 is 1.14 bits per heavy atom. The van der Waals surface area contributed by atoms with Gasteiger partial charge in [0.05, 0.1) is 0 Å². The predicted octanol–water partition coefficient (Wildman–Crippen LogP) is 2.88. The molecule has 3 rings (SSSR count). The molecule has 0 bridgehead atoms. The number of nitrogens with one attached hydrogen (secondary N) is 1. The van der Waals surface area contributed by atoms with E-state index >= 15 is 0 Å². The van der Waals surface area contributed by atoms with Crippen LogP contribution in [0.25, 0.3) is 5.78 Å². The van der Waals surface area contributed by atoms with Gasteiger partial charge in [0.15, 0.2) is 6.61 Å². The van der Waals surface area contributed by atoms with Crippen LogP contribution in [-0.2, 0) is 16.0 Å². The summed E-state index contributed by atoms with van der Waals surface area (Å²) < 4.78 is 6.48. The minimum absolute atomic E-state index is 0.130. The summed E-state index contributed by atoms with van der Waals surface area (Å²) in [6, 6.07) is 9.47. The average molecular weight is 381 g/mol. The van der Waals surface area contributed by atoms with E-state index in [4.69, 9.17) is 4.74 Å². The van der Waals surface area contributed by atoms with Crippen LogP contribution in [0.3, 0.4) is 0 Å². The fraction of sp³-hybridized carbons (Fsp3) is 0.350. The highest BCUT2D eigenvalue weighted by Gasteiger charge is 2.17. The zero-order valence-corrected chi connectivity index (χ0v) is 16.2. The molecule has 0 spiro atoms. The van der Waals surface area contributed by atoms with E-state index in [-0.39, 0.29) is 5.82 Å². The summed E-state index contributed by atoms with van der Waals surface area (Å²) >= 11 is 0. The molecule has 0 unspecified atom stereocenters. The van der Waals surface area contributed by atoms with Crippen molar-refractivity contribution in [2.24, 2.45) is 0 Å². The smallest absolute Gasteiger partial charge is 0.378 e. The molecule has 8 nitrogen and oxygen atoms in total. The lowest BCUT2D eigenvalue weighted by molar-refractivity contribution is -0.119. The Labute approximate surface area is 163 Å². The third-order valence-corrected chi connectivity index (χ3v) is 4.19. The second-order valence-corrected chi connectivity index (χ2v) is 6.61. The van der Waals surface area contributed by atoms with Gasteiger partial charge in [0.25, 0.3) is 17.5 Å². The van der Waals surface area contributed by atoms with Crippen molar-refractivity contribution in [3.05, 3.63) is 53.1 Å². The van der Waals surface area contributed by atoms with Crippen molar-refractivity contribution in [3.63, 3.8) is 0 Å². The molecule has 28 heavy (non-hydrogen) atoms. The first-order valence-corrected chi connectivity index (χ1v) is 9.23. The molecule has 0 radical (unpaired) electrons. The summed E-state index contributed by atoms with van der Waals surface area (Å²) in [5, 5.41) is 6.79. The molecule has 2 heterocycles. The van der Waals surface area contributed by atoms with Crippen molar-refractivity contribution >= 4 is 23.3 Å². The van der Waals surface area contributed by atoms with Gasteiger partial charge in [-0.3, -0.25) is 4.79 Å². The fourth-order valence-corrected chi connectivity index (χ4v) is 2.78. The van der Waals surface area contributed by atoms with E-state index in [0.29, 0.717) is 11.5 Å². The molecule has 0 saturated heterocycles. The van der Waals surface area contributed by atoms with Crippen molar-refractivity contribution in [1.29, 1.82) is 0 Å². The molecular formula is C20H23N5O3. The fourth-order valence-electron chi connectivity index (χ4n) is 2.78. The molecule has 1 aromatic carbocycles. The monoisotopic (exact) mass is 381 g/mol. The zero-order chi connectivity index (χ0) is 20.1. The van der Waals surface area contributed by atoms with Gasteiger partial charge in [0.1, 0.15) is 0 Å². The van der Waals surface area contributed by atoms with Crippen molar-refractivity contribution < 1.29 is 14.3 Å². The lowest BCUT2D eigenvalue weighted by Crippen LogP contribution is -2.21. The van der Waals surface area contributed by atoms with Gasteiger partial charge in [-0.15, -0.1) is 5.10 Å². The number of aryl methyl sites for hydroxylation is 3. The van der Waals surface area contributed by atoms with Gasteiger partial charge in [-0.2, -0.15) is 4.98 Å². The second kappa shape index (κ2) is 8.60. The lowest BCUT2D eigenvalue weighted by Gasteiger charge is -2.06. The number of hydrogen-bond donors (Lipinski definition) is 1. The number of benzene rings is 1. The maximum absolute atomic E-state index is 12.1. The molecule has 0 fully saturated rings. The molecule has 0 aliphatic rings. The first-order valence-electron chi connectivity index (χ1n) is 9.23. The average Bonchev–Trinajstić information content (AvgIpc) is 3.10. The molecule has 146 valence electrons. The summed E-state index contributed by atoms with van der Waals surface area (Å²) in [5.41, 5.74) is 3.46. The number of anilines is 1. The quantitative estimate of drug-likeness (QED) is 0.632. The van der Waals surface area contributed by atoms with Gasteiger partial charge in [-0.05, 0) is 50.5 Å². The predicted molar refractivity (Wildman–Crippen MR) is 104 cm³/mol. The van der Waals surface area contributed by atoms with Crippen LogP contribution in [0.4, 0.5) is 5.69 Å². The first-order chi connectivity index (χ1) is 13.5. The largest absolute Gasteiger partial charge is 0.450 e. The normalized spacial score (nSPS) is 10.8. The van der Waals surface area contributed by atoms with Crippen molar-refractivity contribution in [2.75, 3.05) is 11.9 Å². The van der Waals surface area contributed by atoms with E-state index in [9.17, 15) is 9.59 Å². The third-order valence-electron chi connectivity index (χ3n) is 4.19. The minimum atomic E-state index is -0.771. The Morgan fingerprint density at radius 2 is 1.89 bits per heavy atom. The van der Waals surface area contributed by atoms with E-state index < -0.39 is 18.5 Å². The van der Waals surface area contributed by atoms with Crippen LogP contribution >= 0.6 is 0 Å². The molecule has 1 N–H and O–H groups in total. The van der Waals surface area contributed by atoms with Gasteiger partial charge in [-0.25, -0.2) is 14.3 Å². The molecule has 0 aliphatic carbocycles. The maximum atomic E-state index is 12.1. The number of ether oxygens (including phenoxy) is 1. The van der Waals surface area contributed by atoms with Crippen molar-refractivity contribution in [3.8, 4) is 0 Å². The number of carbonyl (C=O) groups is 2. The highest BCUT2D eigenvalue weighted by atomic mass is 16.5. The molecule has 0 saturated carbocycles. The van der Waals surface area contributed by atoms with Crippen LogP contribution in [0.1, 0.15) is 47.3 Å². The number of esters is 1. The minimum Gasteiger partial charge on any atom is -0.450 e. The Hall–Kier alpha value is -3.29. The molecule has 8 heteroatoms. The number of amides is 1. The summed E-state index contributed by atoms with van der Waals surface area (Å²) in [6.07, 6.45) is 3.29. The van der Waals surface area contributed by atoms with Gasteiger partial charge >= 0.3 is 5.97 Å². The van der Waals surface area contributed by atoms with E-state index in [2.05, 4.69) is 27.3 Å². The number of aromatic nitrogens is 4. The van der Waals surface area contributed by atoms with Gasteiger partial charge in [0.2, 0.25) is 0 Å². The van der Waals surface area contributed by atoms with Crippen LogP contribution in [0.5, 0.6) is 0 Å². The van der Waals surface area contributed by atoms with Crippen LogP contribution in [0.2, 0.25) is 0 Å². The van der Waals surface area contributed by atoms with E-state index in [0.717, 1.165) is 30.7 Å². The maximum Gasteiger partial charge on any atom is 0.378 e. The second-order valence-electron chi connectivity index (χ2n) is 6.61. The SMILES string of the molecule is CCCCc1ccc(NC(=O)COC(=O)c2nc3nc(C)cc(C)n3n2)cc1. The summed E-state index contributed by atoms with van der Waals surface area (Å²) in [7, 11) is 0. The number of carbonyl (C=O) groups excluding carboxylic acids is 2. The molecular weight excluding hydrogens is 358 g/mol. The highest BCUT2D eigenvalue weighted by molar-refractivity contribution is 5.94. The zero-order valence-electron chi connectivity index (χ0n) is 16.2. The number of rotatable bonds is 7. The van der Waals surface area contributed by atoms with Gasteiger partial charge in [0, 0.05) is 17.1 Å². The number of hydrogen-bond acceptors (Lipinski definition) is 6. The highest BCUT2D eigenvalue weighted by Crippen LogP contribution is 2.12. The van der Waals surface area contributed by atoms with Crippen molar-refractivity contribution in [1.82, 2.24) is 19.6 Å². The topological polar surface area (TPSA) is 98.5 Å². The molecule has 0 atom stereocenters. The number of fused-ring (bicyclic) bond motifs is 1. The standard InChI is InChI=1S/C20H23N5O3/c1-4-5-6-15-7-9-16(10-8-15)22-17(26)12-28-19(27)18-23-20-21-13(2)11-14(3)25(20)24-18/h7-11H,4-6,12H2,1-3H3,(H,22,26). The van der Waals surface area contributed by atoms with E-state index in [1.165, 1.54) is 10.1 Å². The van der Waals surface area contributed by atoms with E-state index in [1.54, 1.807) is 0 Å². The number of nitrogens with zero attached hydrogens (tertiary/aromatic N) is 4. The number of unbranched alkanes of at least 4 members (excludes halogenated alkanes) is 1. The molecule has 0 aliphatic heterocycles. The van der Waals surface area contributed by atoms with Gasteiger partial charge < -0.3 is 10.1 Å². The Balaban J connectivity index is 1.55. The van der Waals surface area contributed by atoms with Crippen LogP contribution in [-0.4, -0.2) is 38.1 Å². The van der Waals surface area contributed by atoms with Gasteiger partial charge in [-0.1, -0.05) is 25.5 Å². The summed E-state index contributed by atoms with van der Waals surface area (Å²) in [6.45, 7) is 5.40. The third kappa shape index (κ3) is 4.70. The summed E-state index contributed by atoms with van der Waals surface area (Å²) in [5.74, 6) is -1.01. The Morgan fingerprint density at radius 3 is 2.61 bits per heavy atom. The molecule has 3 aromatic rings. The Kier molecular flexibility index (Phi) is 5.98. The molecule has 1 amide bonds.